The Morgan fingerprint density at radius 1 is 1.03 bits per heavy atom. The molecule has 1 N–H and O–H groups in total. The van der Waals surface area contributed by atoms with Crippen molar-refractivity contribution in [2.45, 2.75) is 12.1 Å². The minimum atomic E-state index is -0.416. The van der Waals surface area contributed by atoms with Crippen molar-refractivity contribution < 1.29 is 9.34 Å². The summed E-state index contributed by atoms with van der Waals surface area (Å²) in [4.78, 5) is 17.6. The molecular weight excluding hydrogens is 460 g/mol. The van der Waals surface area contributed by atoms with E-state index in [1.165, 1.54) is 6.07 Å². The molecular formula is C24H17ClN4O3S. The summed E-state index contributed by atoms with van der Waals surface area (Å²) in [5, 5.41) is 16.0. The number of halogens is 1. The predicted molar refractivity (Wildman–Crippen MR) is 130 cm³/mol. The van der Waals surface area contributed by atoms with Crippen LogP contribution in [0.1, 0.15) is 23.5 Å². The van der Waals surface area contributed by atoms with Gasteiger partial charge in [0, 0.05) is 23.0 Å². The first-order valence-electron chi connectivity index (χ1n) is 10.1. The summed E-state index contributed by atoms with van der Waals surface area (Å²) in [6.07, 6.45) is 1.73. The van der Waals surface area contributed by atoms with E-state index >= 15 is 0 Å². The zero-order valence-corrected chi connectivity index (χ0v) is 18.7. The molecule has 33 heavy (non-hydrogen) atoms. The molecule has 0 spiro atoms. The number of nitrogens with one attached hydrogen (secondary N) is 1. The molecule has 1 fully saturated rings. The Morgan fingerprint density at radius 2 is 1.79 bits per heavy atom. The molecule has 3 heterocycles. The summed E-state index contributed by atoms with van der Waals surface area (Å²) in [5.74, 6) is 1.01. The number of para-hydroxylation sites is 1. The highest BCUT2D eigenvalue weighted by atomic mass is 35.5. The molecule has 9 heteroatoms. The van der Waals surface area contributed by atoms with Crippen LogP contribution in [0.5, 0.6) is 0 Å². The average Bonchev–Trinajstić information content (AvgIpc) is 3.45. The van der Waals surface area contributed by atoms with Gasteiger partial charge in [0.2, 0.25) is 0 Å². The number of pyridine rings is 1. The number of benzene rings is 2. The third-order valence-corrected chi connectivity index (χ3v) is 6.05. The fourth-order valence-electron chi connectivity index (χ4n) is 4.02. The van der Waals surface area contributed by atoms with E-state index in [-0.39, 0.29) is 17.8 Å². The second-order valence-corrected chi connectivity index (χ2v) is 8.27. The molecule has 4 aromatic rings. The third-order valence-electron chi connectivity index (χ3n) is 5.49. The first kappa shape index (κ1) is 21.1. The van der Waals surface area contributed by atoms with Gasteiger partial charge in [0.1, 0.15) is 17.6 Å². The Morgan fingerprint density at radius 3 is 2.52 bits per heavy atom. The maximum Gasteiger partial charge on any atom is 0.280 e. The summed E-state index contributed by atoms with van der Waals surface area (Å²) < 4.78 is 6.22. The zero-order chi connectivity index (χ0) is 22.9. The number of nitro benzene ring substituents is 1. The summed E-state index contributed by atoms with van der Waals surface area (Å²) >= 11 is 11.8. The van der Waals surface area contributed by atoms with E-state index < -0.39 is 4.92 Å². The van der Waals surface area contributed by atoms with E-state index in [4.69, 9.17) is 28.2 Å². The molecule has 0 bridgehead atoms. The van der Waals surface area contributed by atoms with Crippen LogP contribution in [-0.2, 0) is 0 Å². The van der Waals surface area contributed by atoms with Gasteiger partial charge in [0.25, 0.3) is 5.69 Å². The van der Waals surface area contributed by atoms with Crippen LogP contribution in [0, 0.1) is 10.1 Å². The Balaban J connectivity index is 1.61. The Labute approximate surface area is 199 Å². The van der Waals surface area contributed by atoms with Gasteiger partial charge in [-0.15, -0.1) is 0 Å². The lowest BCUT2D eigenvalue weighted by molar-refractivity contribution is -0.384. The highest BCUT2D eigenvalue weighted by Gasteiger charge is 2.42. The summed E-state index contributed by atoms with van der Waals surface area (Å²) in [5.41, 5.74) is 2.03. The number of rotatable bonds is 5. The Hall–Kier alpha value is -3.75. The second-order valence-electron chi connectivity index (χ2n) is 7.45. The number of hydrogen-bond acceptors (Lipinski definition) is 5. The minimum absolute atomic E-state index is 0.0192. The van der Waals surface area contributed by atoms with Crippen molar-refractivity contribution in [2.75, 3.05) is 4.90 Å². The maximum atomic E-state index is 11.5. The first-order chi connectivity index (χ1) is 16.0. The van der Waals surface area contributed by atoms with Crippen LogP contribution < -0.4 is 10.2 Å². The topological polar surface area (TPSA) is 84.4 Å². The van der Waals surface area contributed by atoms with E-state index in [1.54, 1.807) is 42.6 Å². The zero-order valence-electron chi connectivity index (χ0n) is 17.1. The quantitative estimate of drug-likeness (QED) is 0.212. The third kappa shape index (κ3) is 3.94. The van der Waals surface area contributed by atoms with Gasteiger partial charge >= 0.3 is 0 Å². The smallest absolute Gasteiger partial charge is 0.280 e. The van der Waals surface area contributed by atoms with Crippen molar-refractivity contribution >= 4 is 40.3 Å². The normalized spacial score (nSPS) is 17.7. The molecule has 0 radical (unpaired) electrons. The fraction of sp³-hybridized carbons (Fsp3) is 0.0833. The number of anilines is 1. The summed E-state index contributed by atoms with van der Waals surface area (Å²) in [6.45, 7) is 0. The van der Waals surface area contributed by atoms with Gasteiger partial charge in [-0.1, -0.05) is 29.8 Å². The molecule has 5 rings (SSSR count). The molecule has 1 saturated heterocycles. The van der Waals surface area contributed by atoms with Gasteiger partial charge in [-0.3, -0.25) is 15.1 Å². The van der Waals surface area contributed by atoms with Crippen LogP contribution in [0.25, 0.3) is 11.3 Å². The van der Waals surface area contributed by atoms with Crippen LogP contribution in [0.2, 0.25) is 5.02 Å². The van der Waals surface area contributed by atoms with Crippen molar-refractivity contribution in [1.29, 1.82) is 0 Å². The van der Waals surface area contributed by atoms with E-state index in [0.717, 1.165) is 11.4 Å². The lowest BCUT2D eigenvalue weighted by Gasteiger charge is -2.26. The van der Waals surface area contributed by atoms with E-state index in [1.807, 2.05) is 41.3 Å². The standard InChI is InChI=1S/C24H17ClN4O3S/c25-15-8-10-16(11-9-15)28-23(22(27-24(28)33)18-6-3-4-14-26-18)21-13-12-20(32-21)17-5-1-2-7-19(17)29(30)31/h1-14,22-23H,(H,27,33). The number of nitrogens with zero attached hydrogens (tertiary/aromatic N) is 3. The van der Waals surface area contributed by atoms with Gasteiger partial charge in [-0.25, -0.2) is 0 Å². The van der Waals surface area contributed by atoms with Crippen molar-refractivity contribution in [1.82, 2.24) is 10.3 Å². The van der Waals surface area contributed by atoms with Crippen molar-refractivity contribution in [3.05, 3.63) is 112 Å². The molecule has 2 aromatic heterocycles. The summed E-state index contributed by atoms with van der Waals surface area (Å²) in [6, 6.07) is 22.5. The van der Waals surface area contributed by atoms with Crippen LogP contribution in [0.15, 0.2) is 89.5 Å². The highest BCUT2D eigenvalue weighted by Crippen LogP contribution is 2.43. The molecule has 1 aliphatic heterocycles. The van der Waals surface area contributed by atoms with Crippen molar-refractivity contribution in [3.8, 4) is 11.3 Å². The largest absolute Gasteiger partial charge is 0.459 e. The minimum Gasteiger partial charge on any atom is -0.459 e. The highest BCUT2D eigenvalue weighted by molar-refractivity contribution is 7.80. The van der Waals surface area contributed by atoms with E-state index in [2.05, 4.69) is 10.3 Å². The van der Waals surface area contributed by atoms with Gasteiger partial charge in [-0.2, -0.15) is 0 Å². The molecule has 164 valence electrons. The second kappa shape index (κ2) is 8.65. The van der Waals surface area contributed by atoms with Crippen molar-refractivity contribution in [2.24, 2.45) is 0 Å². The van der Waals surface area contributed by atoms with Gasteiger partial charge in [0.05, 0.1) is 22.2 Å². The van der Waals surface area contributed by atoms with Crippen LogP contribution in [0.4, 0.5) is 11.4 Å². The molecule has 0 amide bonds. The monoisotopic (exact) mass is 476 g/mol. The molecule has 1 aliphatic rings. The van der Waals surface area contributed by atoms with E-state index in [0.29, 0.717) is 27.2 Å². The predicted octanol–water partition coefficient (Wildman–Crippen LogP) is 6.08. The number of thiocarbonyl (C=S) groups is 1. The number of hydrogen-bond donors (Lipinski definition) is 1. The molecule has 0 aliphatic carbocycles. The maximum absolute atomic E-state index is 11.5. The number of nitro groups is 1. The van der Waals surface area contributed by atoms with Crippen LogP contribution in [0.3, 0.4) is 0 Å². The molecule has 2 unspecified atom stereocenters. The average molecular weight is 477 g/mol. The van der Waals surface area contributed by atoms with Crippen LogP contribution >= 0.6 is 23.8 Å². The first-order valence-corrected chi connectivity index (χ1v) is 10.9. The van der Waals surface area contributed by atoms with E-state index in [9.17, 15) is 10.1 Å². The molecule has 2 atom stereocenters. The molecule has 0 saturated carbocycles. The van der Waals surface area contributed by atoms with Gasteiger partial charge in [0.15, 0.2) is 5.11 Å². The molecule has 7 nitrogen and oxygen atoms in total. The lowest BCUT2D eigenvalue weighted by atomic mass is 10.0. The Kier molecular flexibility index (Phi) is 5.53. The number of aromatic nitrogens is 1. The van der Waals surface area contributed by atoms with Gasteiger partial charge in [-0.05, 0) is 66.8 Å². The fourth-order valence-corrected chi connectivity index (χ4v) is 4.49. The Bertz CT molecular complexity index is 1330. The number of furan rings is 1. The SMILES string of the molecule is O=[N+]([O-])c1ccccc1-c1ccc(C2C(c3ccccn3)NC(=S)N2c2ccc(Cl)cc2)o1. The van der Waals surface area contributed by atoms with Crippen molar-refractivity contribution in [3.63, 3.8) is 0 Å². The lowest BCUT2D eigenvalue weighted by Crippen LogP contribution is -2.29. The summed E-state index contributed by atoms with van der Waals surface area (Å²) in [7, 11) is 0. The molecule has 2 aromatic carbocycles. The van der Waals surface area contributed by atoms with Gasteiger partial charge < -0.3 is 14.6 Å². The van der Waals surface area contributed by atoms with Crippen LogP contribution in [-0.4, -0.2) is 15.0 Å².